The van der Waals surface area contributed by atoms with E-state index in [-0.39, 0.29) is 0 Å². The Labute approximate surface area is 125 Å². The Balaban J connectivity index is 2.26. The van der Waals surface area contributed by atoms with Gasteiger partial charge in [-0.3, -0.25) is 5.43 Å². The van der Waals surface area contributed by atoms with Crippen molar-refractivity contribution in [2.45, 2.75) is 26.7 Å². The number of aromatic nitrogens is 3. The van der Waals surface area contributed by atoms with E-state index >= 15 is 0 Å². The van der Waals surface area contributed by atoms with Crippen LogP contribution in [0.2, 0.25) is 0 Å². The number of ether oxygens (including phenoxy) is 1. The molecule has 0 radical (unpaired) electrons. The second-order valence-corrected chi connectivity index (χ2v) is 4.99. The van der Waals surface area contributed by atoms with Crippen LogP contribution in [0.4, 0.5) is 17.8 Å². The molecule has 118 valence electrons. The van der Waals surface area contributed by atoms with E-state index in [0.717, 1.165) is 39.0 Å². The fourth-order valence-corrected chi connectivity index (χ4v) is 2.32. The van der Waals surface area contributed by atoms with Crippen LogP contribution in [0.3, 0.4) is 0 Å². The topological polar surface area (TPSA) is 92.4 Å². The van der Waals surface area contributed by atoms with Gasteiger partial charge in [-0.2, -0.15) is 15.0 Å². The summed E-state index contributed by atoms with van der Waals surface area (Å²) in [7, 11) is 0. The maximum absolute atomic E-state index is 5.50. The second kappa shape index (κ2) is 7.94. The zero-order valence-electron chi connectivity index (χ0n) is 12.9. The second-order valence-electron chi connectivity index (χ2n) is 4.99. The summed E-state index contributed by atoms with van der Waals surface area (Å²) >= 11 is 0. The van der Waals surface area contributed by atoms with Crippen molar-refractivity contribution in [3.8, 4) is 0 Å². The highest BCUT2D eigenvalue weighted by Crippen LogP contribution is 2.17. The first-order chi connectivity index (χ1) is 10.3. The monoisotopic (exact) mass is 295 g/mol. The average molecular weight is 295 g/mol. The molecule has 2 rings (SSSR count). The highest BCUT2D eigenvalue weighted by Gasteiger charge is 2.18. The molecule has 1 aromatic heterocycles. The Bertz CT molecular complexity index is 431. The molecule has 8 nitrogen and oxygen atoms in total. The predicted octanol–water partition coefficient (Wildman–Crippen LogP) is 0.620. The SMILES string of the molecule is CCCN(CCC)c1nc(NN)nc(N2CCOCC2)n1. The molecule has 3 N–H and O–H groups in total. The van der Waals surface area contributed by atoms with Gasteiger partial charge in [0, 0.05) is 26.2 Å². The van der Waals surface area contributed by atoms with Gasteiger partial charge in [-0.25, -0.2) is 5.84 Å². The van der Waals surface area contributed by atoms with Gasteiger partial charge < -0.3 is 14.5 Å². The molecule has 0 aromatic carbocycles. The van der Waals surface area contributed by atoms with Crippen molar-refractivity contribution in [2.24, 2.45) is 5.84 Å². The minimum atomic E-state index is 0.402. The Hall–Kier alpha value is -1.67. The van der Waals surface area contributed by atoms with Gasteiger partial charge in [0.2, 0.25) is 17.8 Å². The molecule has 1 saturated heterocycles. The molecule has 2 heterocycles. The maximum Gasteiger partial charge on any atom is 0.243 e. The Kier molecular flexibility index (Phi) is 5.94. The number of nitrogens with two attached hydrogens (primary N) is 1. The number of anilines is 3. The number of nitrogens with one attached hydrogen (secondary N) is 1. The largest absolute Gasteiger partial charge is 0.378 e. The van der Waals surface area contributed by atoms with Crippen LogP contribution < -0.4 is 21.1 Å². The summed E-state index contributed by atoms with van der Waals surface area (Å²) in [4.78, 5) is 17.7. The molecule has 0 aliphatic carbocycles. The molecule has 0 amide bonds. The van der Waals surface area contributed by atoms with E-state index in [2.05, 4.69) is 44.0 Å². The van der Waals surface area contributed by atoms with Gasteiger partial charge in [0.05, 0.1) is 13.2 Å². The summed E-state index contributed by atoms with van der Waals surface area (Å²) in [6.07, 6.45) is 2.09. The minimum Gasteiger partial charge on any atom is -0.378 e. The number of hydrogen-bond donors (Lipinski definition) is 2. The lowest BCUT2D eigenvalue weighted by atomic mass is 10.4. The molecule has 8 heteroatoms. The van der Waals surface area contributed by atoms with E-state index in [1.165, 1.54) is 0 Å². The number of hydrogen-bond acceptors (Lipinski definition) is 8. The molecule has 0 bridgehead atoms. The van der Waals surface area contributed by atoms with Crippen LogP contribution in [0, 0.1) is 0 Å². The Morgan fingerprint density at radius 1 is 1.14 bits per heavy atom. The fourth-order valence-electron chi connectivity index (χ4n) is 2.32. The number of nitrogens with zero attached hydrogens (tertiary/aromatic N) is 5. The first-order valence-corrected chi connectivity index (χ1v) is 7.58. The Morgan fingerprint density at radius 3 is 2.38 bits per heavy atom. The molecule has 1 aromatic rings. The third-order valence-corrected chi connectivity index (χ3v) is 3.30. The third kappa shape index (κ3) is 4.15. The smallest absolute Gasteiger partial charge is 0.243 e. The zero-order chi connectivity index (χ0) is 15.1. The predicted molar refractivity (Wildman–Crippen MR) is 83.5 cm³/mol. The van der Waals surface area contributed by atoms with Crippen LogP contribution in [0.5, 0.6) is 0 Å². The van der Waals surface area contributed by atoms with E-state index < -0.39 is 0 Å². The van der Waals surface area contributed by atoms with E-state index in [1.807, 2.05) is 0 Å². The van der Waals surface area contributed by atoms with Crippen molar-refractivity contribution in [2.75, 3.05) is 54.6 Å². The lowest BCUT2D eigenvalue weighted by molar-refractivity contribution is 0.122. The molecular formula is C13H25N7O. The Morgan fingerprint density at radius 2 is 1.81 bits per heavy atom. The maximum atomic E-state index is 5.50. The first-order valence-electron chi connectivity index (χ1n) is 7.58. The molecule has 0 saturated carbocycles. The highest BCUT2D eigenvalue weighted by molar-refractivity contribution is 5.45. The van der Waals surface area contributed by atoms with Gasteiger partial charge in [-0.05, 0) is 12.8 Å². The van der Waals surface area contributed by atoms with E-state index in [0.29, 0.717) is 31.1 Å². The molecule has 0 spiro atoms. The molecule has 0 unspecified atom stereocenters. The van der Waals surface area contributed by atoms with E-state index in [4.69, 9.17) is 10.6 Å². The zero-order valence-corrected chi connectivity index (χ0v) is 12.9. The van der Waals surface area contributed by atoms with Gasteiger partial charge >= 0.3 is 0 Å². The molecular weight excluding hydrogens is 270 g/mol. The first kappa shape index (κ1) is 15.7. The van der Waals surface area contributed by atoms with Crippen molar-refractivity contribution >= 4 is 17.8 Å². The lowest BCUT2D eigenvalue weighted by Gasteiger charge is -2.28. The molecule has 1 fully saturated rings. The van der Waals surface area contributed by atoms with Crippen LogP contribution in [-0.2, 0) is 4.74 Å². The minimum absolute atomic E-state index is 0.402. The molecule has 1 aliphatic rings. The van der Waals surface area contributed by atoms with Gasteiger partial charge in [-0.1, -0.05) is 13.8 Å². The van der Waals surface area contributed by atoms with Crippen LogP contribution in [0.25, 0.3) is 0 Å². The van der Waals surface area contributed by atoms with Crippen molar-refractivity contribution in [1.82, 2.24) is 15.0 Å². The highest BCUT2D eigenvalue weighted by atomic mass is 16.5. The standard InChI is InChI=1S/C13H25N7O/c1-3-5-19(6-4-2)12-15-11(18-14)16-13(17-12)20-7-9-21-10-8-20/h3-10,14H2,1-2H3,(H,15,16,17,18). The van der Waals surface area contributed by atoms with Gasteiger partial charge in [-0.15, -0.1) is 0 Å². The van der Waals surface area contributed by atoms with Gasteiger partial charge in [0.1, 0.15) is 0 Å². The van der Waals surface area contributed by atoms with Crippen LogP contribution in [0.1, 0.15) is 26.7 Å². The molecule has 21 heavy (non-hydrogen) atoms. The van der Waals surface area contributed by atoms with E-state index in [9.17, 15) is 0 Å². The lowest BCUT2D eigenvalue weighted by Crippen LogP contribution is -2.38. The number of morpholine rings is 1. The number of rotatable bonds is 7. The number of nitrogen functional groups attached to an aromatic ring is 1. The van der Waals surface area contributed by atoms with E-state index in [1.54, 1.807) is 0 Å². The van der Waals surface area contributed by atoms with Gasteiger partial charge in [0.25, 0.3) is 0 Å². The van der Waals surface area contributed by atoms with Crippen molar-refractivity contribution in [3.63, 3.8) is 0 Å². The summed E-state index contributed by atoms with van der Waals surface area (Å²) in [6.45, 7) is 9.10. The van der Waals surface area contributed by atoms with Crippen molar-refractivity contribution in [3.05, 3.63) is 0 Å². The molecule has 1 aliphatic heterocycles. The molecule has 0 atom stereocenters. The summed E-state index contributed by atoms with van der Waals surface area (Å²) < 4.78 is 5.37. The van der Waals surface area contributed by atoms with Crippen LogP contribution in [0.15, 0.2) is 0 Å². The normalized spacial score (nSPS) is 15.1. The van der Waals surface area contributed by atoms with Crippen molar-refractivity contribution in [1.29, 1.82) is 0 Å². The summed E-state index contributed by atoms with van der Waals surface area (Å²) in [5.41, 5.74) is 2.54. The van der Waals surface area contributed by atoms with Gasteiger partial charge in [0.15, 0.2) is 0 Å². The third-order valence-electron chi connectivity index (χ3n) is 3.30. The summed E-state index contributed by atoms with van der Waals surface area (Å²) in [5, 5.41) is 0. The van der Waals surface area contributed by atoms with Crippen LogP contribution in [-0.4, -0.2) is 54.3 Å². The summed E-state index contributed by atoms with van der Waals surface area (Å²) in [6, 6.07) is 0. The fraction of sp³-hybridized carbons (Fsp3) is 0.769. The average Bonchev–Trinajstić information content (AvgIpc) is 2.55. The van der Waals surface area contributed by atoms with Crippen LogP contribution >= 0.6 is 0 Å². The quantitative estimate of drug-likeness (QED) is 0.558. The summed E-state index contributed by atoms with van der Waals surface area (Å²) in [5.74, 6) is 7.25. The number of hydrazine groups is 1. The van der Waals surface area contributed by atoms with Crippen molar-refractivity contribution < 1.29 is 4.74 Å².